The molecule has 0 radical (unpaired) electrons. The smallest absolute Gasteiger partial charge is 0.361 e. The number of hydrogen-bond acceptors (Lipinski definition) is 7. The number of carboxylic acid groups (broad SMARTS) is 1. The van der Waals surface area contributed by atoms with Crippen molar-refractivity contribution in [1.29, 1.82) is 0 Å². The average molecular weight is 1190 g/mol. The van der Waals surface area contributed by atoms with E-state index in [2.05, 4.69) is 123 Å². The van der Waals surface area contributed by atoms with Crippen molar-refractivity contribution >= 4 is 17.9 Å². The standard InChI is InChI=1S/C76H131NO8/c1-6-8-10-12-14-16-18-20-22-24-26-28-29-30-31-32-33-34-35-36-37-38-39-40-41-42-43-44-45-47-49-51-53-55-57-59-61-63-65-67-74(79)85-72(71-84-76(75(80)81)82-69-68-77(3,4)5)70-83-73(78)66-64-62-60-58-56-54-52-50-48-46-27-25-23-21-19-17-15-13-11-9-7-2/h8,10,14,16,20,22,25-28,30-31,33-34,36-37,39-40,72,76H,6-7,9,11-13,15,17-19,21,23-24,29,32,35,38,41-71H2,1-5H3/p+1/b10-8-,16-14-,22-20-,27-25-,28-26-,31-30-,34-33-,37-36-,40-39-. The van der Waals surface area contributed by atoms with E-state index in [0.29, 0.717) is 17.4 Å². The summed E-state index contributed by atoms with van der Waals surface area (Å²) in [6.07, 6.45) is 89.1. The van der Waals surface area contributed by atoms with E-state index in [9.17, 15) is 19.5 Å². The number of esters is 2. The Bertz CT molecular complexity index is 1760. The molecule has 85 heavy (non-hydrogen) atoms. The Morgan fingerprint density at radius 2 is 0.671 bits per heavy atom. The molecule has 9 heteroatoms. The zero-order chi connectivity index (χ0) is 61.9. The Balaban J connectivity index is 4.10. The van der Waals surface area contributed by atoms with Crippen molar-refractivity contribution in [3.05, 3.63) is 109 Å². The summed E-state index contributed by atoms with van der Waals surface area (Å²) in [5.41, 5.74) is 0. The highest BCUT2D eigenvalue weighted by molar-refractivity contribution is 5.71. The van der Waals surface area contributed by atoms with Crippen LogP contribution in [0, 0.1) is 0 Å². The van der Waals surface area contributed by atoms with Crippen LogP contribution in [-0.4, -0.2) is 87.4 Å². The van der Waals surface area contributed by atoms with Gasteiger partial charge in [-0.3, -0.25) is 9.59 Å². The summed E-state index contributed by atoms with van der Waals surface area (Å²) in [6.45, 7) is 4.78. The van der Waals surface area contributed by atoms with Gasteiger partial charge in [0.25, 0.3) is 6.29 Å². The van der Waals surface area contributed by atoms with Crippen LogP contribution in [0.5, 0.6) is 0 Å². The minimum atomic E-state index is -1.52. The van der Waals surface area contributed by atoms with Gasteiger partial charge in [-0.1, -0.05) is 290 Å². The molecule has 0 aliphatic rings. The fourth-order valence-electron chi connectivity index (χ4n) is 9.67. The molecule has 0 rings (SSSR count). The van der Waals surface area contributed by atoms with E-state index in [1.54, 1.807) is 0 Å². The van der Waals surface area contributed by atoms with E-state index in [4.69, 9.17) is 18.9 Å². The minimum Gasteiger partial charge on any atom is -0.477 e. The Morgan fingerprint density at radius 1 is 0.365 bits per heavy atom. The van der Waals surface area contributed by atoms with Gasteiger partial charge in [-0.2, -0.15) is 0 Å². The Kier molecular flexibility index (Phi) is 62.8. The van der Waals surface area contributed by atoms with E-state index < -0.39 is 24.3 Å². The maximum Gasteiger partial charge on any atom is 0.361 e. The first-order valence-corrected chi connectivity index (χ1v) is 35.1. The second-order valence-corrected chi connectivity index (χ2v) is 24.5. The lowest BCUT2D eigenvalue weighted by Gasteiger charge is -2.25. The van der Waals surface area contributed by atoms with Gasteiger partial charge in [0.1, 0.15) is 13.2 Å². The summed E-state index contributed by atoms with van der Waals surface area (Å²) in [4.78, 5) is 37.6. The largest absolute Gasteiger partial charge is 0.477 e. The molecule has 0 bridgehead atoms. The molecule has 0 spiro atoms. The number of ether oxygens (including phenoxy) is 4. The Morgan fingerprint density at radius 3 is 1.01 bits per heavy atom. The number of carbonyl (C=O) groups excluding carboxylic acids is 2. The first-order valence-electron chi connectivity index (χ1n) is 35.1. The molecule has 0 aromatic carbocycles. The molecule has 0 saturated carbocycles. The predicted octanol–water partition coefficient (Wildman–Crippen LogP) is 21.8. The Hall–Kier alpha value is -4.05. The van der Waals surface area contributed by atoms with Gasteiger partial charge in [-0.25, -0.2) is 4.79 Å². The van der Waals surface area contributed by atoms with E-state index in [0.717, 1.165) is 89.9 Å². The van der Waals surface area contributed by atoms with Gasteiger partial charge >= 0.3 is 17.9 Å². The monoisotopic (exact) mass is 1190 g/mol. The van der Waals surface area contributed by atoms with Gasteiger partial charge in [0.2, 0.25) is 0 Å². The highest BCUT2D eigenvalue weighted by Gasteiger charge is 2.25. The first kappa shape index (κ1) is 81.0. The van der Waals surface area contributed by atoms with Gasteiger partial charge in [-0.15, -0.1) is 0 Å². The molecule has 0 amide bonds. The van der Waals surface area contributed by atoms with E-state index in [-0.39, 0.29) is 32.2 Å². The number of aliphatic carboxylic acids is 1. The fourth-order valence-corrected chi connectivity index (χ4v) is 9.67. The third-order valence-electron chi connectivity index (χ3n) is 15.0. The molecular formula is C76H132NO8+. The van der Waals surface area contributed by atoms with Crippen molar-refractivity contribution in [3.8, 4) is 0 Å². The lowest BCUT2D eigenvalue weighted by Crippen LogP contribution is -2.40. The van der Waals surface area contributed by atoms with Crippen LogP contribution < -0.4 is 0 Å². The lowest BCUT2D eigenvalue weighted by atomic mass is 10.0. The average Bonchev–Trinajstić information content (AvgIpc) is 3.49. The number of carbonyl (C=O) groups is 3. The number of hydrogen-bond donors (Lipinski definition) is 1. The van der Waals surface area contributed by atoms with Crippen LogP contribution in [0.1, 0.15) is 296 Å². The van der Waals surface area contributed by atoms with Crippen LogP contribution in [0.2, 0.25) is 0 Å². The zero-order valence-corrected chi connectivity index (χ0v) is 55.7. The molecule has 0 aromatic heterocycles. The van der Waals surface area contributed by atoms with E-state index in [1.165, 1.54) is 180 Å². The van der Waals surface area contributed by atoms with Crippen molar-refractivity contribution < 1.29 is 42.9 Å². The lowest BCUT2D eigenvalue weighted by molar-refractivity contribution is -0.870. The number of allylic oxidation sites excluding steroid dienone is 18. The molecule has 2 unspecified atom stereocenters. The number of rotatable bonds is 64. The number of carboxylic acids is 1. The normalized spacial score (nSPS) is 13.4. The molecule has 0 fully saturated rings. The number of nitrogens with zero attached hydrogens (tertiary/aromatic N) is 1. The first-order chi connectivity index (χ1) is 41.6. The van der Waals surface area contributed by atoms with Gasteiger partial charge in [0, 0.05) is 12.8 Å². The maximum absolute atomic E-state index is 12.9. The Labute approximate surface area is 524 Å². The summed E-state index contributed by atoms with van der Waals surface area (Å²) in [5.74, 6) is -2.00. The van der Waals surface area contributed by atoms with Crippen LogP contribution in [0.25, 0.3) is 0 Å². The molecule has 0 aromatic rings. The predicted molar refractivity (Wildman–Crippen MR) is 364 cm³/mol. The minimum absolute atomic E-state index is 0.185. The quantitative estimate of drug-likeness (QED) is 0.0211. The molecule has 9 nitrogen and oxygen atoms in total. The third kappa shape index (κ3) is 67.3. The van der Waals surface area contributed by atoms with Crippen LogP contribution in [0.3, 0.4) is 0 Å². The summed E-state index contributed by atoms with van der Waals surface area (Å²) in [5, 5.41) is 9.74. The summed E-state index contributed by atoms with van der Waals surface area (Å²) in [7, 11) is 5.98. The zero-order valence-electron chi connectivity index (χ0n) is 55.7. The molecule has 0 aliphatic carbocycles. The van der Waals surface area contributed by atoms with Gasteiger partial charge in [0.15, 0.2) is 6.10 Å². The molecule has 0 saturated heterocycles. The van der Waals surface area contributed by atoms with Crippen LogP contribution in [0.4, 0.5) is 0 Å². The van der Waals surface area contributed by atoms with Gasteiger partial charge < -0.3 is 28.5 Å². The van der Waals surface area contributed by atoms with Crippen molar-refractivity contribution in [1.82, 2.24) is 0 Å². The SMILES string of the molecule is CC/C=C\C/C=C\C/C=C\C/C=C\C/C=C\C/C=C\C/C=C\C/C=C\CCCCCCCCCCCCCCCCC(=O)OC(COC(=O)CCCCCCCCCCC/C=C\CCCCCCCCCC)COC(OCC[N+](C)(C)C)C(=O)O. The number of quaternary nitrogens is 1. The summed E-state index contributed by atoms with van der Waals surface area (Å²) in [6, 6.07) is 0. The highest BCUT2D eigenvalue weighted by atomic mass is 16.7. The van der Waals surface area contributed by atoms with Crippen LogP contribution >= 0.6 is 0 Å². The topological polar surface area (TPSA) is 108 Å². The van der Waals surface area contributed by atoms with E-state index >= 15 is 0 Å². The van der Waals surface area contributed by atoms with Crippen LogP contribution in [0.15, 0.2) is 109 Å². The summed E-state index contributed by atoms with van der Waals surface area (Å²) < 4.78 is 23.0. The molecule has 0 heterocycles. The van der Waals surface area contributed by atoms with Crippen molar-refractivity contribution in [3.63, 3.8) is 0 Å². The molecular weight excluding hydrogens is 1050 g/mol. The second-order valence-electron chi connectivity index (χ2n) is 24.5. The molecule has 1 N–H and O–H groups in total. The molecule has 0 aliphatic heterocycles. The fraction of sp³-hybridized carbons (Fsp3) is 0.724. The summed E-state index contributed by atoms with van der Waals surface area (Å²) >= 11 is 0. The third-order valence-corrected chi connectivity index (χ3v) is 15.0. The van der Waals surface area contributed by atoms with Crippen molar-refractivity contribution in [2.45, 2.75) is 309 Å². The molecule has 488 valence electrons. The maximum atomic E-state index is 12.9. The van der Waals surface area contributed by atoms with Crippen LogP contribution in [-0.2, 0) is 33.3 Å². The second kappa shape index (κ2) is 65.9. The molecule has 2 atom stereocenters. The number of unbranched alkanes of at least 4 members (excludes halogenated alkanes) is 31. The van der Waals surface area contributed by atoms with Gasteiger partial charge in [-0.05, 0) is 103 Å². The highest BCUT2D eigenvalue weighted by Crippen LogP contribution is 2.17. The van der Waals surface area contributed by atoms with Crippen molar-refractivity contribution in [2.24, 2.45) is 0 Å². The number of likely N-dealkylation sites (N-methyl/N-ethyl adjacent to an activating group) is 1. The van der Waals surface area contributed by atoms with E-state index in [1.807, 2.05) is 21.1 Å². The van der Waals surface area contributed by atoms with Gasteiger partial charge in [0.05, 0.1) is 34.4 Å². The van der Waals surface area contributed by atoms with Crippen molar-refractivity contribution in [2.75, 3.05) is 47.5 Å².